The van der Waals surface area contributed by atoms with Gasteiger partial charge >= 0.3 is 0 Å². The Labute approximate surface area is 126 Å². The molecule has 3 rings (SSSR count). The van der Waals surface area contributed by atoms with Crippen LogP contribution in [0.1, 0.15) is 36.0 Å². The van der Waals surface area contributed by atoms with Gasteiger partial charge in [-0.25, -0.2) is 0 Å². The molecule has 1 amide bonds. The van der Waals surface area contributed by atoms with Crippen LogP contribution in [-0.2, 0) is 0 Å². The van der Waals surface area contributed by atoms with Gasteiger partial charge in [-0.1, -0.05) is 6.42 Å². The molecule has 3 atom stereocenters. The fourth-order valence-electron chi connectivity index (χ4n) is 4.12. The monoisotopic (exact) mass is 288 g/mol. The Balaban J connectivity index is 1.70. The first-order valence-corrected chi connectivity index (χ1v) is 7.77. The third-order valence-electron chi connectivity index (χ3n) is 5.20. The zero-order valence-electron chi connectivity index (χ0n) is 12.8. The zero-order valence-corrected chi connectivity index (χ0v) is 12.8. The molecular weight excluding hydrogens is 264 g/mol. The maximum atomic E-state index is 12.6. The number of benzene rings is 1. The Kier molecular flexibility index (Phi) is 3.79. The van der Waals surface area contributed by atoms with Gasteiger partial charge in [0.05, 0.1) is 12.7 Å². The zero-order chi connectivity index (χ0) is 15.0. The maximum Gasteiger partial charge on any atom is 0.257 e. The van der Waals surface area contributed by atoms with E-state index in [2.05, 4.69) is 0 Å². The molecule has 0 spiro atoms. The van der Waals surface area contributed by atoms with Crippen molar-refractivity contribution in [3.05, 3.63) is 23.8 Å². The molecule has 2 bridgehead atoms. The van der Waals surface area contributed by atoms with E-state index in [1.807, 2.05) is 11.9 Å². The maximum absolute atomic E-state index is 12.6. The Bertz CT molecular complexity index is 544. The summed E-state index contributed by atoms with van der Waals surface area (Å²) in [5.74, 6) is 3.00. The normalized spacial score (nSPS) is 26.9. The first kappa shape index (κ1) is 14.2. The number of carbonyl (C=O) groups excluding carboxylic acids is 1. The van der Waals surface area contributed by atoms with Crippen LogP contribution < -0.4 is 10.5 Å². The minimum atomic E-state index is 0.0228. The largest absolute Gasteiger partial charge is 0.496 e. The van der Waals surface area contributed by atoms with Gasteiger partial charge in [0.15, 0.2) is 0 Å². The number of fused-ring (bicyclic) bond motifs is 2. The highest BCUT2D eigenvalue weighted by atomic mass is 16.5. The molecule has 114 valence electrons. The van der Waals surface area contributed by atoms with Gasteiger partial charge in [0, 0.05) is 25.3 Å². The lowest BCUT2D eigenvalue weighted by atomic mass is 9.88. The van der Waals surface area contributed by atoms with Crippen molar-refractivity contribution >= 4 is 11.6 Å². The standard InChI is InChI=1S/C17H24N2O2/c1-19(10-13-8-11-3-4-12(13)7-11)17(20)15-6-5-14(18)9-16(15)21-2/h5-6,9,11-13H,3-4,7-8,10,18H2,1-2H3. The minimum Gasteiger partial charge on any atom is -0.496 e. The highest BCUT2D eigenvalue weighted by Gasteiger charge is 2.40. The number of rotatable bonds is 4. The SMILES string of the molecule is COc1cc(N)ccc1C(=O)N(C)CC1CC2CCC1C2. The second-order valence-corrected chi connectivity index (χ2v) is 6.58. The van der Waals surface area contributed by atoms with Crippen molar-refractivity contribution < 1.29 is 9.53 Å². The number of nitrogens with two attached hydrogens (primary N) is 1. The smallest absolute Gasteiger partial charge is 0.257 e. The molecule has 4 nitrogen and oxygen atoms in total. The van der Waals surface area contributed by atoms with Crippen molar-refractivity contribution in [2.45, 2.75) is 25.7 Å². The molecule has 0 saturated heterocycles. The second-order valence-electron chi connectivity index (χ2n) is 6.58. The van der Waals surface area contributed by atoms with Gasteiger partial charge < -0.3 is 15.4 Å². The van der Waals surface area contributed by atoms with Gasteiger partial charge in [0.1, 0.15) is 5.75 Å². The van der Waals surface area contributed by atoms with E-state index < -0.39 is 0 Å². The number of amides is 1. The predicted molar refractivity (Wildman–Crippen MR) is 83.3 cm³/mol. The average Bonchev–Trinajstić information content (AvgIpc) is 3.08. The van der Waals surface area contributed by atoms with Crippen molar-refractivity contribution in [1.29, 1.82) is 0 Å². The Morgan fingerprint density at radius 2 is 2.19 bits per heavy atom. The summed E-state index contributed by atoms with van der Waals surface area (Å²) in [6, 6.07) is 5.22. The van der Waals surface area contributed by atoms with Crippen LogP contribution in [0.3, 0.4) is 0 Å². The predicted octanol–water partition coefficient (Wildman–Crippen LogP) is 2.79. The number of hydrogen-bond donors (Lipinski definition) is 1. The number of nitrogen functional groups attached to an aromatic ring is 1. The van der Waals surface area contributed by atoms with Crippen molar-refractivity contribution in [3.63, 3.8) is 0 Å². The molecule has 1 aromatic carbocycles. The number of methoxy groups -OCH3 is 1. The van der Waals surface area contributed by atoms with Crippen LogP contribution in [0.5, 0.6) is 5.75 Å². The van der Waals surface area contributed by atoms with E-state index in [-0.39, 0.29) is 5.91 Å². The first-order chi connectivity index (χ1) is 10.1. The molecular formula is C17H24N2O2. The topological polar surface area (TPSA) is 55.6 Å². The summed E-state index contributed by atoms with van der Waals surface area (Å²) in [5, 5.41) is 0. The molecule has 3 unspecified atom stereocenters. The van der Waals surface area contributed by atoms with Crippen LogP contribution in [-0.4, -0.2) is 31.5 Å². The van der Waals surface area contributed by atoms with E-state index in [1.165, 1.54) is 25.7 Å². The van der Waals surface area contributed by atoms with Crippen molar-refractivity contribution in [1.82, 2.24) is 4.90 Å². The average molecular weight is 288 g/mol. The number of carbonyl (C=O) groups is 1. The fourth-order valence-corrected chi connectivity index (χ4v) is 4.12. The lowest BCUT2D eigenvalue weighted by Gasteiger charge is -2.27. The van der Waals surface area contributed by atoms with Crippen molar-refractivity contribution in [2.24, 2.45) is 17.8 Å². The van der Waals surface area contributed by atoms with Crippen LogP contribution >= 0.6 is 0 Å². The molecule has 0 aromatic heterocycles. The van der Waals surface area contributed by atoms with Crippen LogP contribution in [0.2, 0.25) is 0 Å². The van der Waals surface area contributed by atoms with E-state index >= 15 is 0 Å². The summed E-state index contributed by atoms with van der Waals surface area (Å²) in [5.41, 5.74) is 6.95. The molecule has 4 heteroatoms. The summed E-state index contributed by atoms with van der Waals surface area (Å²) >= 11 is 0. The first-order valence-electron chi connectivity index (χ1n) is 7.77. The molecule has 2 aliphatic carbocycles. The Morgan fingerprint density at radius 1 is 1.38 bits per heavy atom. The third-order valence-corrected chi connectivity index (χ3v) is 5.20. The molecule has 0 heterocycles. The van der Waals surface area contributed by atoms with Gasteiger partial charge in [-0.15, -0.1) is 0 Å². The lowest BCUT2D eigenvalue weighted by Crippen LogP contribution is -2.34. The van der Waals surface area contributed by atoms with E-state index in [4.69, 9.17) is 10.5 Å². The fraction of sp³-hybridized carbons (Fsp3) is 0.588. The summed E-state index contributed by atoms with van der Waals surface area (Å²) in [7, 11) is 3.46. The van der Waals surface area contributed by atoms with E-state index in [0.29, 0.717) is 22.9 Å². The van der Waals surface area contributed by atoms with E-state index in [9.17, 15) is 4.79 Å². The van der Waals surface area contributed by atoms with Gasteiger partial charge in [-0.05, 0) is 49.1 Å². The number of nitrogens with zero attached hydrogens (tertiary/aromatic N) is 1. The molecule has 2 N–H and O–H groups in total. The summed E-state index contributed by atoms with van der Waals surface area (Å²) in [4.78, 5) is 14.5. The number of ether oxygens (including phenoxy) is 1. The summed E-state index contributed by atoms with van der Waals surface area (Å²) in [6.07, 6.45) is 5.41. The minimum absolute atomic E-state index is 0.0228. The molecule has 2 aliphatic rings. The number of hydrogen-bond acceptors (Lipinski definition) is 3. The molecule has 21 heavy (non-hydrogen) atoms. The second kappa shape index (κ2) is 5.58. The third kappa shape index (κ3) is 2.71. The van der Waals surface area contributed by atoms with Crippen molar-refractivity contribution in [2.75, 3.05) is 26.4 Å². The Morgan fingerprint density at radius 3 is 2.81 bits per heavy atom. The lowest BCUT2D eigenvalue weighted by molar-refractivity contribution is 0.0751. The van der Waals surface area contributed by atoms with Crippen LogP contribution in [0.15, 0.2) is 18.2 Å². The molecule has 2 saturated carbocycles. The van der Waals surface area contributed by atoms with Gasteiger partial charge in [0.2, 0.25) is 0 Å². The quantitative estimate of drug-likeness (QED) is 0.867. The highest BCUT2D eigenvalue weighted by Crippen LogP contribution is 2.48. The molecule has 0 radical (unpaired) electrons. The Hall–Kier alpha value is -1.71. The van der Waals surface area contributed by atoms with Crippen LogP contribution in [0.25, 0.3) is 0 Å². The van der Waals surface area contributed by atoms with E-state index in [0.717, 1.165) is 18.4 Å². The van der Waals surface area contributed by atoms with Crippen LogP contribution in [0, 0.1) is 17.8 Å². The van der Waals surface area contributed by atoms with Gasteiger partial charge in [-0.3, -0.25) is 4.79 Å². The molecule has 1 aromatic rings. The summed E-state index contributed by atoms with van der Waals surface area (Å²) < 4.78 is 5.29. The summed E-state index contributed by atoms with van der Waals surface area (Å²) in [6.45, 7) is 0.855. The molecule has 0 aliphatic heterocycles. The van der Waals surface area contributed by atoms with Crippen molar-refractivity contribution in [3.8, 4) is 5.75 Å². The van der Waals surface area contributed by atoms with Gasteiger partial charge in [0.25, 0.3) is 5.91 Å². The van der Waals surface area contributed by atoms with Gasteiger partial charge in [-0.2, -0.15) is 0 Å². The number of anilines is 1. The van der Waals surface area contributed by atoms with Crippen LogP contribution in [0.4, 0.5) is 5.69 Å². The highest BCUT2D eigenvalue weighted by molar-refractivity contribution is 5.97. The molecule has 2 fully saturated rings. The van der Waals surface area contributed by atoms with E-state index in [1.54, 1.807) is 25.3 Å².